The fourth-order valence-corrected chi connectivity index (χ4v) is 2.20. The summed E-state index contributed by atoms with van der Waals surface area (Å²) in [5.74, 6) is -0.0105. The van der Waals surface area contributed by atoms with Gasteiger partial charge in [0.05, 0.1) is 31.1 Å². The van der Waals surface area contributed by atoms with Crippen molar-refractivity contribution in [2.45, 2.75) is 6.42 Å². The third-order valence-corrected chi connectivity index (χ3v) is 3.36. The average Bonchev–Trinajstić information content (AvgIpc) is 2.63. The topological polar surface area (TPSA) is 109 Å². The van der Waals surface area contributed by atoms with E-state index in [4.69, 9.17) is 9.94 Å². The molecule has 122 valence electrons. The number of hydrogen-bond acceptors (Lipinski definition) is 7. The molecule has 0 aliphatic carbocycles. The zero-order chi connectivity index (χ0) is 16.9. The van der Waals surface area contributed by atoms with Crippen molar-refractivity contribution < 1.29 is 14.7 Å². The first kappa shape index (κ1) is 15.6. The molecule has 0 aromatic carbocycles. The van der Waals surface area contributed by atoms with Gasteiger partial charge in [0.2, 0.25) is 11.8 Å². The van der Waals surface area contributed by atoms with Gasteiger partial charge in [-0.25, -0.2) is 10.5 Å². The summed E-state index contributed by atoms with van der Waals surface area (Å²) >= 11 is 0. The molecule has 24 heavy (non-hydrogen) atoms. The Morgan fingerprint density at radius 1 is 1.21 bits per heavy atom. The van der Waals surface area contributed by atoms with Crippen molar-refractivity contribution in [3.63, 3.8) is 0 Å². The molecule has 3 aromatic heterocycles. The number of amides is 1. The molecule has 0 unspecified atom stereocenters. The molecular formula is C16H15N5O3. The number of pyridine rings is 3. The van der Waals surface area contributed by atoms with E-state index < -0.39 is 5.91 Å². The highest BCUT2D eigenvalue weighted by Crippen LogP contribution is 2.25. The molecule has 8 nitrogen and oxygen atoms in total. The summed E-state index contributed by atoms with van der Waals surface area (Å²) in [6.07, 6.45) is 3.28. The third kappa shape index (κ3) is 3.39. The van der Waals surface area contributed by atoms with Crippen LogP contribution in [0.4, 0.5) is 11.4 Å². The molecule has 3 N–H and O–H groups in total. The van der Waals surface area contributed by atoms with Gasteiger partial charge < -0.3 is 10.1 Å². The minimum atomic E-state index is -0.511. The number of methoxy groups -OCH3 is 1. The van der Waals surface area contributed by atoms with Crippen LogP contribution < -0.4 is 15.5 Å². The summed E-state index contributed by atoms with van der Waals surface area (Å²) in [6.45, 7) is 0. The highest BCUT2D eigenvalue weighted by molar-refractivity contribution is 5.90. The van der Waals surface area contributed by atoms with Gasteiger partial charge in [0.15, 0.2) is 5.65 Å². The second kappa shape index (κ2) is 6.88. The van der Waals surface area contributed by atoms with E-state index in [9.17, 15) is 4.79 Å². The number of ether oxygens (including phenoxy) is 1. The Balaban J connectivity index is 1.83. The quantitative estimate of drug-likeness (QED) is 0.485. The van der Waals surface area contributed by atoms with Gasteiger partial charge in [-0.3, -0.25) is 15.0 Å². The number of carbonyl (C=O) groups is 1. The summed E-state index contributed by atoms with van der Waals surface area (Å²) in [6, 6.07) is 9.00. The Hall–Kier alpha value is -3.26. The molecule has 0 spiro atoms. The molecule has 0 atom stereocenters. The van der Waals surface area contributed by atoms with Crippen LogP contribution in [0.2, 0.25) is 0 Å². The number of nitrogens with one attached hydrogen (secondary N) is 2. The molecule has 0 saturated carbocycles. The van der Waals surface area contributed by atoms with Gasteiger partial charge in [0.25, 0.3) is 0 Å². The largest absolute Gasteiger partial charge is 0.481 e. The summed E-state index contributed by atoms with van der Waals surface area (Å²) in [5.41, 5.74) is 4.29. The number of rotatable bonds is 5. The van der Waals surface area contributed by atoms with Crippen molar-refractivity contribution in [2.75, 3.05) is 12.4 Å². The number of hydrogen-bond donors (Lipinski definition) is 3. The fourth-order valence-electron chi connectivity index (χ4n) is 2.20. The number of nitrogens with zero attached hydrogens (tertiary/aromatic N) is 3. The van der Waals surface area contributed by atoms with E-state index in [1.54, 1.807) is 43.2 Å². The van der Waals surface area contributed by atoms with Crippen LogP contribution in [0.5, 0.6) is 5.88 Å². The van der Waals surface area contributed by atoms with Crippen molar-refractivity contribution in [1.82, 2.24) is 20.4 Å². The van der Waals surface area contributed by atoms with Gasteiger partial charge >= 0.3 is 0 Å². The normalized spacial score (nSPS) is 10.4. The van der Waals surface area contributed by atoms with Crippen LogP contribution in [0, 0.1) is 0 Å². The summed E-state index contributed by atoms with van der Waals surface area (Å²) in [4.78, 5) is 23.8. The minimum Gasteiger partial charge on any atom is -0.481 e. The minimum absolute atomic E-state index is 0.0126. The Labute approximate surface area is 137 Å². The first-order valence-electron chi connectivity index (χ1n) is 7.14. The highest BCUT2D eigenvalue weighted by atomic mass is 16.5. The molecule has 0 fully saturated rings. The Morgan fingerprint density at radius 3 is 2.79 bits per heavy atom. The summed E-state index contributed by atoms with van der Waals surface area (Å²) in [5, 5.41) is 12.6. The SMILES string of the molecule is COc1ccc2c(Nc3ccc(CC(=O)NO)nc3)ccnc2n1. The molecular weight excluding hydrogens is 310 g/mol. The van der Waals surface area contributed by atoms with E-state index in [-0.39, 0.29) is 6.42 Å². The molecule has 0 aliphatic rings. The van der Waals surface area contributed by atoms with Gasteiger partial charge in [-0.2, -0.15) is 4.98 Å². The third-order valence-electron chi connectivity index (χ3n) is 3.36. The van der Waals surface area contributed by atoms with Crippen molar-refractivity contribution in [3.8, 4) is 5.88 Å². The van der Waals surface area contributed by atoms with E-state index in [1.165, 1.54) is 0 Å². The lowest BCUT2D eigenvalue weighted by atomic mass is 10.2. The molecule has 0 bridgehead atoms. The van der Waals surface area contributed by atoms with Crippen molar-refractivity contribution >= 4 is 28.3 Å². The van der Waals surface area contributed by atoms with Gasteiger partial charge in [-0.1, -0.05) is 0 Å². The number of anilines is 2. The number of hydroxylamine groups is 1. The predicted molar refractivity (Wildman–Crippen MR) is 87.2 cm³/mol. The summed E-state index contributed by atoms with van der Waals surface area (Å²) in [7, 11) is 1.56. The lowest BCUT2D eigenvalue weighted by Gasteiger charge is -2.10. The van der Waals surface area contributed by atoms with Crippen LogP contribution in [0.15, 0.2) is 42.7 Å². The van der Waals surface area contributed by atoms with E-state index in [2.05, 4.69) is 20.3 Å². The number of aromatic nitrogens is 3. The maximum atomic E-state index is 11.1. The Kier molecular flexibility index (Phi) is 4.48. The van der Waals surface area contributed by atoms with Crippen molar-refractivity contribution in [2.24, 2.45) is 0 Å². The second-order valence-electron chi connectivity index (χ2n) is 4.96. The zero-order valence-corrected chi connectivity index (χ0v) is 12.9. The monoisotopic (exact) mass is 325 g/mol. The van der Waals surface area contributed by atoms with Crippen LogP contribution >= 0.6 is 0 Å². The van der Waals surface area contributed by atoms with Gasteiger partial charge in [0, 0.05) is 23.3 Å². The molecule has 3 rings (SSSR count). The van der Waals surface area contributed by atoms with Crippen LogP contribution in [-0.4, -0.2) is 33.2 Å². The van der Waals surface area contributed by atoms with Crippen LogP contribution in [-0.2, 0) is 11.2 Å². The highest BCUT2D eigenvalue weighted by Gasteiger charge is 2.07. The van der Waals surface area contributed by atoms with Crippen molar-refractivity contribution in [3.05, 3.63) is 48.4 Å². The molecule has 0 saturated heterocycles. The lowest BCUT2D eigenvalue weighted by molar-refractivity contribution is -0.128. The molecule has 0 radical (unpaired) electrons. The van der Waals surface area contributed by atoms with E-state index in [0.29, 0.717) is 17.2 Å². The molecule has 0 aliphatic heterocycles. The lowest BCUT2D eigenvalue weighted by Crippen LogP contribution is -2.21. The van der Waals surface area contributed by atoms with Gasteiger partial charge in [0.1, 0.15) is 0 Å². The zero-order valence-electron chi connectivity index (χ0n) is 12.9. The first-order valence-corrected chi connectivity index (χ1v) is 7.14. The first-order chi connectivity index (χ1) is 11.7. The average molecular weight is 325 g/mol. The van der Waals surface area contributed by atoms with Gasteiger partial charge in [-0.05, 0) is 24.3 Å². The van der Waals surface area contributed by atoms with E-state index >= 15 is 0 Å². The molecule has 3 aromatic rings. The fraction of sp³-hybridized carbons (Fsp3) is 0.125. The van der Waals surface area contributed by atoms with E-state index in [0.717, 1.165) is 16.8 Å². The predicted octanol–water partition coefficient (Wildman–Crippen LogP) is 1.82. The smallest absolute Gasteiger partial charge is 0.249 e. The van der Waals surface area contributed by atoms with E-state index in [1.807, 2.05) is 12.1 Å². The second-order valence-corrected chi connectivity index (χ2v) is 4.96. The van der Waals surface area contributed by atoms with Crippen molar-refractivity contribution in [1.29, 1.82) is 0 Å². The number of carbonyl (C=O) groups excluding carboxylic acids is 1. The molecule has 1 amide bonds. The maximum Gasteiger partial charge on any atom is 0.249 e. The molecule has 8 heteroatoms. The van der Waals surface area contributed by atoms with Gasteiger partial charge in [-0.15, -0.1) is 0 Å². The Morgan fingerprint density at radius 2 is 2.08 bits per heavy atom. The summed E-state index contributed by atoms with van der Waals surface area (Å²) < 4.78 is 5.10. The molecule has 3 heterocycles. The van der Waals surface area contributed by atoms with Crippen LogP contribution in [0.1, 0.15) is 5.69 Å². The standard InChI is InChI=1S/C16H15N5O3/c1-24-15-5-4-12-13(6-7-17-16(12)20-15)19-11-3-2-10(18-9-11)8-14(22)21-23/h2-7,9,23H,8H2,1H3,(H,21,22)(H,17,19,20). The Bertz CT molecular complexity index is 867. The van der Waals surface area contributed by atoms with Crippen LogP contribution in [0.3, 0.4) is 0 Å². The van der Waals surface area contributed by atoms with Crippen LogP contribution in [0.25, 0.3) is 11.0 Å². The maximum absolute atomic E-state index is 11.1. The number of fused-ring (bicyclic) bond motifs is 1.